The number of hydrogen-bond acceptors (Lipinski definition) is 3. The first-order valence-corrected chi connectivity index (χ1v) is 7.71. The van der Waals surface area contributed by atoms with Crippen LogP contribution in [0.4, 0.5) is 28.0 Å². The Hall–Kier alpha value is -2.64. The van der Waals surface area contributed by atoms with Crippen molar-refractivity contribution >= 4 is 11.8 Å². The SMILES string of the molecule is Cc1nccc(C(F)(F)F)c1-c1ccc(NC(=O)OC(C)(C)C)cc1F. The number of aromatic nitrogens is 1. The van der Waals surface area contributed by atoms with E-state index >= 15 is 0 Å². The lowest BCUT2D eigenvalue weighted by Crippen LogP contribution is -2.27. The lowest BCUT2D eigenvalue weighted by Gasteiger charge is -2.20. The Morgan fingerprint density at radius 2 is 1.81 bits per heavy atom. The molecule has 0 atom stereocenters. The van der Waals surface area contributed by atoms with E-state index in [0.29, 0.717) is 0 Å². The van der Waals surface area contributed by atoms with Crippen LogP contribution in [-0.4, -0.2) is 16.7 Å². The van der Waals surface area contributed by atoms with Crippen LogP contribution in [-0.2, 0) is 10.9 Å². The molecule has 140 valence electrons. The number of aryl methyl sites for hydroxylation is 1. The Kier molecular flexibility index (Phi) is 5.25. The summed E-state index contributed by atoms with van der Waals surface area (Å²) in [5.41, 5.74) is -2.19. The minimum atomic E-state index is -4.65. The number of rotatable bonds is 2. The van der Waals surface area contributed by atoms with Gasteiger partial charge in [-0.1, -0.05) is 0 Å². The first-order chi connectivity index (χ1) is 11.9. The van der Waals surface area contributed by atoms with E-state index in [-0.39, 0.29) is 22.5 Å². The maximum atomic E-state index is 14.5. The second kappa shape index (κ2) is 6.93. The summed E-state index contributed by atoms with van der Waals surface area (Å²) < 4.78 is 59.2. The fraction of sp³-hybridized carbons (Fsp3) is 0.333. The third-order valence-electron chi connectivity index (χ3n) is 3.33. The Labute approximate surface area is 148 Å². The van der Waals surface area contributed by atoms with Gasteiger partial charge in [0.1, 0.15) is 11.4 Å². The molecule has 2 aromatic rings. The summed E-state index contributed by atoms with van der Waals surface area (Å²) in [7, 11) is 0. The highest BCUT2D eigenvalue weighted by molar-refractivity contribution is 5.85. The van der Waals surface area contributed by atoms with Crippen molar-refractivity contribution in [2.24, 2.45) is 0 Å². The summed E-state index contributed by atoms with van der Waals surface area (Å²) in [5.74, 6) is -0.917. The summed E-state index contributed by atoms with van der Waals surface area (Å²) in [6.45, 7) is 6.37. The highest BCUT2D eigenvalue weighted by atomic mass is 19.4. The van der Waals surface area contributed by atoms with Gasteiger partial charge in [0.2, 0.25) is 0 Å². The van der Waals surface area contributed by atoms with Crippen LogP contribution < -0.4 is 5.32 Å². The van der Waals surface area contributed by atoms with E-state index in [1.165, 1.54) is 19.1 Å². The van der Waals surface area contributed by atoms with E-state index in [1.54, 1.807) is 20.8 Å². The molecule has 1 aromatic heterocycles. The van der Waals surface area contributed by atoms with E-state index in [0.717, 1.165) is 18.3 Å². The molecule has 0 radical (unpaired) electrons. The van der Waals surface area contributed by atoms with Gasteiger partial charge in [-0.05, 0) is 52.0 Å². The van der Waals surface area contributed by atoms with Crippen molar-refractivity contribution in [1.82, 2.24) is 4.98 Å². The molecule has 1 heterocycles. The smallest absolute Gasteiger partial charge is 0.417 e. The second-order valence-electron chi connectivity index (χ2n) is 6.64. The lowest BCUT2D eigenvalue weighted by molar-refractivity contribution is -0.137. The monoisotopic (exact) mass is 370 g/mol. The van der Waals surface area contributed by atoms with Crippen molar-refractivity contribution in [3.8, 4) is 11.1 Å². The number of anilines is 1. The Morgan fingerprint density at radius 1 is 1.15 bits per heavy atom. The number of alkyl halides is 3. The third kappa shape index (κ3) is 4.71. The molecule has 0 unspecified atom stereocenters. The minimum absolute atomic E-state index is 0.0478. The fourth-order valence-electron chi connectivity index (χ4n) is 2.36. The Morgan fingerprint density at radius 3 is 2.35 bits per heavy atom. The van der Waals surface area contributed by atoms with Crippen LogP contribution in [0.15, 0.2) is 30.5 Å². The zero-order chi connectivity index (χ0) is 19.7. The van der Waals surface area contributed by atoms with Gasteiger partial charge >= 0.3 is 12.3 Å². The summed E-state index contributed by atoms with van der Waals surface area (Å²) in [4.78, 5) is 15.5. The zero-order valence-corrected chi connectivity index (χ0v) is 14.7. The van der Waals surface area contributed by atoms with E-state index in [1.807, 2.05) is 0 Å². The molecule has 0 bridgehead atoms. The van der Waals surface area contributed by atoms with Crippen LogP contribution in [0.2, 0.25) is 0 Å². The van der Waals surface area contributed by atoms with Crippen LogP contribution in [0.3, 0.4) is 0 Å². The number of carbonyl (C=O) groups excluding carboxylic acids is 1. The van der Waals surface area contributed by atoms with Crippen LogP contribution >= 0.6 is 0 Å². The largest absolute Gasteiger partial charge is 0.444 e. The number of halogens is 4. The van der Waals surface area contributed by atoms with Crippen molar-refractivity contribution in [1.29, 1.82) is 0 Å². The van der Waals surface area contributed by atoms with Gasteiger partial charge < -0.3 is 4.74 Å². The number of hydrogen-bond donors (Lipinski definition) is 1. The van der Waals surface area contributed by atoms with E-state index in [2.05, 4.69) is 10.3 Å². The molecule has 0 aliphatic heterocycles. The molecule has 8 heteroatoms. The highest BCUT2D eigenvalue weighted by Crippen LogP contribution is 2.39. The molecular formula is C18H18F4N2O2. The Balaban J connectivity index is 2.39. The average Bonchev–Trinajstić information content (AvgIpc) is 2.45. The summed E-state index contributed by atoms with van der Waals surface area (Å²) in [6.07, 6.45) is -4.42. The molecule has 26 heavy (non-hydrogen) atoms. The first-order valence-electron chi connectivity index (χ1n) is 7.71. The van der Waals surface area contributed by atoms with Crippen LogP contribution in [0.1, 0.15) is 32.0 Å². The van der Waals surface area contributed by atoms with Crippen molar-refractivity contribution < 1.29 is 27.1 Å². The highest BCUT2D eigenvalue weighted by Gasteiger charge is 2.35. The quantitative estimate of drug-likeness (QED) is 0.704. The molecule has 2 rings (SSSR count). The van der Waals surface area contributed by atoms with Crippen molar-refractivity contribution in [2.45, 2.75) is 39.5 Å². The number of nitrogens with one attached hydrogen (secondary N) is 1. The van der Waals surface area contributed by atoms with E-state index in [4.69, 9.17) is 4.74 Å². The Bertz CT molecular complexity index is 827. The topological polar surface area (TPSA) is 51.2 Å². The number of nitrogens with zero attached hydrogens (tertiary/aromatic N) is 1. The number of carbonyl (C=O) groups is 1. The van der Waals surface area contributed by atoms with E-state index in [9.17, 15) is 22.4 Å². The number of amides is 1. The van der Waals surface area contributed by atoms with Gasteiger partial charge in [-0.3, -0.25) is 10.3 Å². The van der Waals surface area contributed by atoms with Crippen LogP contribution in [0, 0.1) is 12.7 Å². The fourth-order valence-corrected chi connectivity index (χ4v) is 2.36. The molecule has 1 aromatic carbocycles. The predicted octanol–water partition coefficient (Wildman–Crippen LogP) is 5.56. The van der Waals surface area contributed by atoms with Gasteiger partial charge in [-0.25, -0.2) is 9.18 Å². The standard InChI is InChI=1S/C18H18F4N2O2/c1-10-15(13(7-8-23-10)18(20,21)22)12-6-5-11(9-14(12)19)24-16(25)26-17(2,3)4/h5-9H,1-4H3,(H,24,25). The summed E-state index contributed by atoms with van der Waals surface area (Å²) >= 11 is 0. The normalized spacial score (nSPS) is 12.0. The zero-order valence-electron chi connectivity index (χ0n) is 14.7. The molecule has 1 N–H and O–H groups in total. The molecule has 4 nitrogen and oxygen atoms in total. The van der Waals surface area contributed by atoms with Gasteiger partial charge in [-0.2, -0.15) is 13.2 Å². The van der Waals surface area contributed by atoms with Gasteiger partial charge in [0.25, 0.3) is 0 Å². The number of benzene rings is 1. The van der Waals surface area contributed by atoms with Crippen molar-refractivity contribution in [3.05, 3.63) is 47.5 Å². The summed E-state index contributed by atoms with van der Waals surface area (Å²) in [5, 5.41) is 2.34. The maximum Gasteiger partial charge on any atom is 0.417 e. The van der Waals surface area contributed by atoms with Gasteiger partial charge in [0.15, 0.2) is 0 Å². The van der Waals surface area contributed by atoms with Gasteiger partial charge in [-0.15, -0.1) is 0 Å². The van der Waals surface area contributed by atoms with Gasteiger partial charge in [0, 0.05) is 28.7 Å². The molecule has 1 amide bonds. The van der Waals surface area contributed by atoms with Gasteiger partial charge in [0.05, 0.1) is 5.56 Å². The molecule has 0 aliphatic rings. The number of pyridine rings is 1. The molecule has 0 aliphatic carbocycles. The average molecular weight is 370 g/mol. The van der Waals surface area contributed by atoms with Crippen molar-refractivity contribution in [3.63, 3.8) is 0 Å². The minimum Gasteiger partial charge on any atom is -0.444 e. The number of ether oxygens (including phenoxy) is 1. The third-order valence-corrected chi connectivity index (χ3v) is 3.33. The molecule has 0 saturated carbocycles. The lowest BCUT2D eigenvalue weighted by atomic mass is 9.97. The van der Waals surface area contributed by atoms with E-state index < -0.39 is 29.3 Å². The predicted molar refractivity (Wildman–Crippen MR) is 89.2 cm³/mol. The summed E-state index contributed by atoms with van der Waals surface area (Å²) in [6, 6.07) is 4.21. The molecular weight excluding hydrogens is 352 g/mol. The maximum absolute atomic E-state index is 14.5. The van der Waals surface area contributed by atoms with Crippen molar-refractivity contribution in [2.75, 3.05) is 5.32 Å². The second-order valence-corrected chi connectivity index (χ2v) is 6.64. The van der Waals surface area contributed by atoms with Crippen LogP contribution in [0.5, 0.6) is 0 Å². The molecule has 0 spiro atoms. The molecule has 0 saturated heterocycles. The first kappa shape index (κ1) is 19.7. The molecule has 0 fully saturated rings. The van der Waals surface area contributed by atoms with Crippen LogP contribution in [0.25, 0.3) is 11.1 Å².